The number of fused-ring (bicyclic) bond motifs is 1. The van der Waals surface area contributed by atoms with E-state index in [2.05, 4.69) is 0 Å². The van der Waals surface area contributed by atoms with Gasteiger partial charge >= 0.3 is 5.97 Å². The molecule has 0 unspecified atom stereocenters. The van der Waals surface area contributed by atoms with Crippen LogP contribution in [0.3, 0.4) is 0 Å². The van der Waals surface area contributed by atoms with Gasteiger partial charge in [-0.05, 0) is 30.9 Å². The summed E-state index contributed by atoms with van der Waals surface area (Å²) in [5, 5.41) is 9.55. The van der Waals surface area contributed by atoms with E-state index in [0.717, 1.165) is 37.0 Å². The minimum atomic E-state index is -1.09. The first kappa shape index (κ1) is 13.8. The van der Waals surface area contributed by atoms with Crippen molar-refractivity contribution in [2.45, 2.75) is 38.1 Å². The number of benzene rings is 1. The standard InChI is InChI=1S/C16H17NO4/c18-14-11-8-4-5-9-12(11)15(19)17(14)13(16(20)21)10-6-2-1-3-7-10/h4-5,8-10,13H,1-3,6-7H2,(H,20,21)/t13-/m0/s1. The van der Waals surface area contributed by atoms with Crippen LogP contribution in [0.2, 0.25) is 0 Å². The van der Waals surface area contributed by atoms with Gasteiger partial charge in [-0.25, -0.2) is 4.79 Å². The van der Waals surface area contributed by atoms with Gasteiger partial charge < -0.3 is 5.11 Å². The molecule has 0 aromatic heterocycles. The van der Waals surface area contributed by atoms with E-state index in [1.807, 2.05) is 0 Å². The molecule has 1 fully saturated rings. The number of hydrogen-bond acceptors (Lipinski definition) is 3. The fourth-order valence-electron chi connectivity index (χ4n) is 3.43. The summed E-state index contributed by atoms with van der Waals surface area (Å²) in [6.07, 6.45) is 4.51. The highest BCUT2D eigenvalue weighted by atomic mass is 16.4. The number of hydrogen-bond donors (Lipinski definition) is 1. The van der Waals surface area contributed by atoms with Crippen LogP contribution < -0.4 is 0 Å². The first-order chi connectivity index (χ1) is 10.1. The number of rotatable bonds is 3. The highest BCUT2D eigenvalue weighted by Gasteiger charge is 2.46. The fourth-order valence-corrected chi connectivity index (χ4v) is 3.43. The summed E-state index contributed by atoms with van der Waals surface area (Å²) in [6.45, 7) is 0. The van der Waals surface area contributed by atoms with Gasteiger partial charge in [-0.1, -0.05) is 31.4 Å². The van der Waals surface area contributed by atoms with Crippen LogP contribution >= 0.6 is 0 Å². The summed E-state index contributed by atoms with van der Waals surface area (Å²) in [5.74, 6) is -2.18. The van der Waals surface area contributed by atoms with Crippen LogP contribution in [0.4, 0.5) is 0 Å². The summed E-state index contributed by atoms with van der Waals surface area (Å²) in [6, 6.07) is 5.48. The lowest BCUT2D eigenvalue weighted by Gasteiger charge is -2.32. The lowest BCUT2D eigenvalue weighted by atomic mass is 9.83. The van der Waals surface area contributed by atoms with E-state index in [4.69, 9.17) is 0 Å². The minimum absolute atomic E-state index is 0.140. The number of carbonyl (C=O) groups is 3. The second-order valence-corrected chi connectivity index (χ2v) is 5.71. The number of amides is 2. The maximum Gasteiger partial charge on any atom is 0.327 e. The maximum absolute atomic E-state index is 12.4. The third-order valence-corrected chi connectivity index (χ3v) is 4.45. The van der Waals surface area contributed by atoms with E-state index < -0.39 is 23.8 Å². The topological polar surface area (TPSA) is 74.7 Å². The van der Waals surface area contributed by atoms with Crippen LogP contribution in [0.15, 0.2) is 24.3 Å². The Kier molecular flexibility index (Phi) is 3.49. The summed E-state index contributed by atoms with van der Waals surface area (Å²) in [7, 11) is 0. The van der Waals surface area contributed by atoms with Crippen molar-refractivity contribution in [2.24, 2.45) is 5.92 Å². The molecule has 0 bridgehead atoms. The number of nitrogens with zero attached hydrogens (tertiary/aromatic N) is 1. The van der Waals surface area contributed by atoms with Gasteiger partial charge in [-0.2, -0.15) is 0 Å². The summed E-state index contributed by atoms with van der Waals surface area (Å²) >= 11 is 0. The van der Waals surface area contributed by atoms with E-state index in [1.54, 1.807) is 24.3 Å². The predicted octanol–water partition coefficient (Wildman–Crippen LogP) is 2.32. The van der Waals surface area contributed by atoms with E-state index in [1.165, 1.54) is 0 Å². The molecular formula is C16H17NO4. The van der Waals surface area contributed by atoms with E-state index in [-0.39, 0.29) is 5.92 Å². The average Bonchev–Trinajstić information content (AvgIpc) is 2.74. The van der Waals surface area contributed by atoms with Crippen molar-refractivity contribution in [3.63, 3.8) is 0 Å². The third kappa shape index (κ3) is 2.22. The minimum Gasteiger partial charge on any atom is -0.480 e. The molecule has 0 radical (unpaired) electrons. The number of carbonyl (C=O) groups excluding carboxylic acids is 2. The van der Waals surface area contributed by atoms with Gasteiger partial charge in [-0.15, -0.1) is 0 Å². The quantitative estimate of drug-likeness (QED) is 0.866. The number of imide groups is 1. The molecule has 1 aromatic carbocycles. The third-order valence-electron chi connectivity index (χ3n) is 4.45. The van der Waals surface area contributed by atoms with Gasteiger partial charge in [-0.3, -0.25) is 14.5 Å². The van der Waals surface area contributed by atoms with Crippen LogP contribution in [-0.2, 0) is 4.79 Å². The number of carboxylic acid groups (broad SMARTS) is 1. The Balaban J connectivity index is 1.96. The molecule has 1 N–H and O–H groups in total. The molecule has 110 valence electrons. The Hall–Kier alpha value is -2.17. The Labute approximate surface area is 122 Å². The van der Waals surface area contributed by atoms with Gasteiger partial charge in [0, 0.05) is 0 Å². The average molecular weight is 287 g/mol. The van der Waals surface area contributed by atoms with Crippen molar-refractivity contribution in [1.82, 2.24) is 4.90 Å². The van der Waals surface area contributed by atoms with Crippen molar-refractivity contribution < 1.29 is 19.5 Å². The van der Waals surface area contributed by atoms with Crippen LogP contribution in [-0.4, -0.2) is 33.8 Å². The van der Waals surface area contributed by atoms with Crippen LogP contribution in [0.5, 0.6) is 0 Å². The molecule has 2 amide bonds. The van der Waals surface area contributed by atoms with E-state index in [0.29, 0.717) is 11.1 Å². The molecule has 5 heteroatoms. The van der Waals surface area contributed by atoms with E-state index >= 15 is 0 Å². The van der Waals surface area contributed by atoms with Gasteiger partial charge in [0.2, 0.25) is 0 Å². The Bertz CT molecular complexity index is 569. The second-order valence-electron chi connectivity index (χ2n) is 5.71. The lowest BCUT2D eigenvalue weighted by molar-refractivity contribution is -0.144. The molecule has 0 saturated heterocycles. The largest absolute Gasteiger partial charge is 0.480 e. The number of carboxylic acids is 1. The smallest absolute Gasteiger partial charge is 0.327 e. The summed E-state index contributed by atoms with van der Waals surface area (Å²) in [4.78, 5) is 37.5. The molecule has 5 nitrogen and oxygen atoms in total. The first-order valence-corrected chi connectivity index (χ1v) is 7.31. The van der Waals surface area contributed by atoms with Crippen LogP contribution in [0.25, 0.3) is 0 Å². The van der Waals surface area contributed by atoms with Gasteiger partial charge in [0.15, 0.2) is 0 Å². The summed E-state index contributed by atoms with van der Waals surface area (Å²) < 4.78 is 0. The van der Waals surface area contributed by atoms with Crippen LogP contribution in [0, 0.1) is 5.92 Å². The van der Waals surface area contributed by atoms with Crippen LogP contribution in [0.1, 0.15) is 52.8 Å². The Morgan fingerprint density at radius 3 is 2.05 bits per heavy atom. The highest BCUT2D eigenvalue weighted by Crippen LogP contribution is 2.33. The van der Waals surface area contributed by atoms with E-state index in [9.17, 15) is 19.5 Å². The molecule has 1 saturated carbocycles. The zero-order valence-corrected chi connectivity index (χ0v) is 11.6. The fraction of sp³-hybridized carbons (Fsp3) is 0.438. The zero-order valence-electron chi connectivity index (χ0n) is 11.6. The van der Waals surface area contributed by atoms with Crippen molar-refractivity contribution in [1.29, 1.82) is 0 Å². The molecule has 2 aliphatic rings. The van der Waals surface area contributed by atoms with Gasteiger partial charge in [0.1, 0.15) is 6.04 Å². The normalized spacial score (nSPS) is 20.5. The van der Waals surface area contributed by atoms with Gasteiger partial charge in [0.25, 0.3) is 11.8 Å². The lowest BCUT2D eigenvalue weighted by Crippen LogP contribution is -2.49. The molecule has 1 aliphatic heterocycles. The monoisotopic (exact) mass is 287 g/mol. The molecule has 21 heavy (non-hydrogen) atoms. The molecule has 1 aliphatic carbocycles. The molecule has 1 heterocycles. The van der Waals surface area contributed by atoms with Crippen molar-refractivity contribution >= 4 is 17.8 Å². The molecule has 3 rings (SSSR count). The highest BCUT2D eigenvalue weighted by molar-refractivity contribution is 6.22. The molecule has 1 aromatic rings. The second kappa shape index (κ2) is 5.31. The summed E-state index contributed by atoms with van der Waals surface area (Å²) in [5.41, 5.74) is 0.620. The van der Waals surface area contributed by atoms with Gasteiger partial charge in [0.05, 0.1) is 11.1 Å². The number of aliphatic carboxylic acids is 1. The Morgan fingerprint density at radius 2 is 1.57 bits per heavy atom. The van der Waals surface area contributed by atoms with Crippen molar-refractivity contribution in [3.05, 3.63) is 35.4 Å². The first-order valence-electron chi connectivity index (χ1n) is 7.31. The maximum atomic E-state index is 12.4. The SMILES string of the molecule is O=C(O)[C@H](C1CCCCC1)N1C(=O)c2ccccc2C1=O. The molecule has 1 atom stereocenters. The van der Waals surface area contributed by atoms with Crippen molar-refractivity contribution in [2.75, 3.05) is 0 Å². The predicted molar refractivity (Wildman–Crippen MR) is 74.9 cm³/mol. The zero-order chi connectivity index (χ0) is 15.0. The Morgan fingerprint density at radius 1 is 1.05 bits per heavy atom. The molecule has 0 spiro atoms. The van der Waals surface area contributed by atoms with Crippen molar-refractivity contribution in [3.8, 4) is 0 Å². The molecular weight excluding hydrogens is 270 g/mol.